The number of nitrogens with one attached hydrogen (secondary N) is 3. The molecule has 0 aromatic heterocycles. The number of carbonyl (C=O) groups excluding carboxylic acids is 2. The fraction of sp³-hybridized carbons (Fsp3) is 0.481. The maximum absolute atomic E-state index is 13.1. The van der Waals surface area contributed by atoms with E-state index in [0.717, 1.165) is 6.54 Å². The lowest BCUT2D eigenvalue weighted by atomic mass is 9.83. The Morgan fingerprint density at radius 3 is 2.05 bits per heavy atom. The summed E-state index contributed by atoms with van der Waals surface area (Å²) in [4.78, 5) is 25.2. The van der Waals surface area contributed by atoms with Gasteiger partial charge in [0.1, 0.15) is 0 Å². The maximum atomic E-state index is 13.1. The first kappa shape index (κ1) is 27.9. The molecule has 1 saturated heterocycles. The molecular weight excluding hydrogens is 512 g/mol. The van der Waals surface area contributed by atoms with Gasteiger partial charge in [-0.1, -0.05) is 30.3 Å². The van der Waals surface area contributed by atoms with Crippen molar-refractivity contribution in [3.63, 3.8) is 0 Å². The predicted molar refractivity (Wildman–Crippen MR) is 129 cm³/mol. The Bertz CT molecular complexity index is 1100. The average Bonchev–Trinajstić information content (AvgIpc) is 3.35. The van der Waals surface area contributed by atoms with Crippen molar-refractivity contribution in [2.45, 2.75) is 68.9 Å². The highest BCUT2D eigenvalue weighted by Gasteiger charge is 2.37. The summed E-state index contributed by atoms with van der Waals surface area (Å²) in [5.74, 6) is -0.518. The topological polar surface area (TPSA) is 70.2 Å². The van der Waals surface area contributed by atoms with Gasteiger partial charge >= 0.3 is 12.4 Å². The van der Waals surface area contributed by atoms with Gasteiger partial charge in [-0.25, -0.2) is 0 Å². The number of hydrogen-bond acceptors (Lipinski definition) is 3. The lowest BCUT2D eigenvalue weighted by Gasteiger charge is -2.29. The van der Waals surface area contributed by atoms with Crippen LogP contribution in [0.1, 0.15) is 61.1 Å². The number of carbonyl (C=O) groups is 2. The normalized spacial score (nSPS) is 24.2. The van der Waals surface area contributed by atoms with Crippen molar-refractivity contribution in [3.8, 4) is 0 Å². The van der Waals surface area contributed by atoms with E-state index in [1.54, 1.807) is 0 Å². The van der Waals surface area contributed by atoms with Crippen LogP contribution in [-0.4, -0.2) is 30.4 Å². The van der Waals surface area contributed by atoms with E-state index in [0.29, 0.717) is 44.2 Å². The van der Waals surface area contributed by atoms with Crippen molar-refractivity contribution in [2.24, 2.45) is 5.92 Å². The zero-order chi connectivity index (χ0) is 27.5. The molecule has 5 nitrogen and oxygen atoms in total. The molecule has 2 aliphatic rings. The van der Waals surface area contributed by atoms with Gasteiger partial charge in [0.15, 0.2) is 0 Å². The van der Waals surface area contributed by atoms with Crippen LogP contribution >= 0.6 is 0 Å². The van der Waals surface area contributed by atoms with E-state index in [2.05, 4.69) is 16.0 Å². The number of alkyl halides is 6. The Kier molecular flexibility index (Phi) is 8.34. The highest BCUT2D eigenvalue weighted by molar-refractivity contribution is 5.91. The van der Waals surface area contributed by atoms with Gasteiger partial charge in [-0.3, -0.25) is 9.59 Å². The van der Waals surface area contributed by atoms with E-state index in [9.17, 15) is 35.9 Å². The summed E-state index contributed by atoms with van der Waals surface area (Å²) >= 11 is 0. The number of benzene rings is 2. The predicted octanol–water partition coefficient (Wildman–Crippen LogP) is 5.87. The molecule has 3 N–H and O–H groups in total. The van der Waals surface area contributed by atoms with Crippen LogP contribution in [0.4, 0.5) is 32.0 Å². The third-order valence-electron chi connectivity index (χ3n) is 7.26. The Balaban J connectivity index is 1.25. The van der Waals surface area contributed by atoms with E-state index < -0.39 is 35.1 Å². The minimum Gasteiger partial charge on any atom is -0.352 e. The molecule has 0 unspecified atom stereocenters. The fourth-order valence-corrected chi connectivity index (χ4v) is 5.23. The summed E-state index contributed by atoms with van der Waals surface area (Å²) in [6.07, 6.45) is -6.79. The molecule has 0 bridgehead atoms. The zero-order valence-electron chi connectivity index (χ0n) is 20.5. The maximum Gasteiger partial charge on any atom is 0.416 e. The zero-order valence-corrected chi connectivity index (χ0v) is 20.5. The fourth-order valence-electron chi connectivity index (χ4n) is 5.23. The van der Waals surface area contributed by atoms with E-state index in [1.165, 1.54) is 5.56 Å². The monoisotopic (exact) mass is 541 g/mol. The van der Waals surface area contributed by atoms with Gasteiger partial charge in [0.25, 0.3) is 0 Å². The lowest BCUT2D eigenvalue weighted by Crippen LogP contribution is -2.46. The molecule has 2 aromatic rings. The Hall–Kier alpha value is -3.08. The van der Waals surface area contributed by atoms with Gasteiger partial charge in [-0.15, -0.1) is 0 Å². The highest BCUT2D eigenvalue weighted by Crippen LogP contribution is 2.38. The van der Waals surface area contributed by atoms with Gasteiger partial charge in [0.2, 0.25) is 11.8 Å². The van der Waals surface area contributed by atoms with Crippen molar-refractivity contribution in [3.05, 3.63) is 65.2 Å². The van der Waals surface area contributed by atoms with Crippen LogP contribution in [0.2, 0.25) is 0 Å². The molecule has 1 aliphatic carbocycles. The number of hydrogen-bond donors (Lipinski definition) is 3. The minimum absolute atomic E-state index is 0.0220. The molecule has 1 aliphatic heterocycles. The quantitative estimate of drug-likeness (QED) is 0.401. The first-order chi connectivity index (χ1) is 17.9. The molecule has 0 spiro atoms. The van der Waals surface area contributed by atoms with E-state index in [-0.39, 0.29) is 42.3 Å². The molecule has 2 aromatic carbocycles. The Labute approximate surface area is 216 Å². The lowest BCUT2D eigenvalue weighted by molar-refractivity contribution is -0.143. The standard InChI is InChI=1S/C27H29F6N3O2/c28-26(29,30)19-12-20(27(31,32)33)14-22(13-19)35-24(37)10-16-6-8-21(9-7-16)36-25(38)23-11-18(15-34-23)17-4-2-1-3-5-17/h1-5,12-14,16,18,21,23,34H,6-11,15H2,(H,35,37)(H,36,38)/t16?,18-,21?,23+/m1/s1. The van der Waals surface area contributed by atoms with Gasteiger partial charge in [-0.05, 0) is 67.7 Å². The summed E-state index contributed by atoms with van der Waals surface area (Å²) in [5, 5.41) is 8.54. The highest BCUT2D eigenvalue weighted by atomic mass is 19.4. The Morgan fingerprint density at radius 2 is 1.47 bits per heavy atom. The van der Waals surface area contributed by atoms with E-state index in [1.807, 2.05) is 30.3 Å². The third-order valence-corrected chi connectivity index (χ3v) is 7.26. The summed E-state index contributed by atoms with van der Waals surface area (Å²) in [6.45, 7) is 0.723. The molecular formula is C27H29F6N3O2. The molecule has 2 atom stereocenters. The van der Waals surface area contributed by atoms with Crippen LogP contribution in [0, 0.1) is 5.92 Å². The first-order valence-corrected chi connectivity index (χ1v) is 12.6. The van der Waals surface area contributed by atoms with Crippen LogP contribution in [0.15, 0.2) is 48.5 Å². The van der Waals surface area contributed by atoms with Crippen LogP contribution in [0.25, 0.3) is 0 Å². The number of rotatable bonds is 6. The SMILES string of the molecule is O=C(CC1CCC(NC(=O)[C@@H]2C[C@@H](c3ccccc3)CN2)CC1)Nc1cc(C(F)(F)F)cc(C(F)(F)F)c1. The molecule has 2 amide bonds. The largest absolute Gasteiger partial charge is 0.416 e. The number of halogens is 6. The van der Waals surface area contributed by atoms with Gasteiger partial charge in [0, 0.05) is 24.7 Å². The molecule has 2 fully saturated rings. The van der Waals surface area contributed by atoms with Crippen LogP contribution in [0.3, 0.4) is 0 Å². The smallest absolute Gasteiger partial charge is 0.352 e. The summed E-state index contributed by atoms with van der Waals surface area (Å²) < 4.78 is 78.3. The average molecular weight is 542 g/mol. The molecule has 4 rings (SSSR count). The second-order valence-electron chi connectivity index (χ2n) is 10.1. The summed E-state index contributed by atoms with van der Waals surface area (Å²) in [5.41, 5.74) is -2.32. The van der Waals surface area contributed by atoms with Gasteiger partial charge in [-0.2, -0.15) is 26.3 Å². The van der Waals surface area contributed by atoms with Crippen molar-refractivity contribution < 1.29 is 35.9 Å². The summed E-state index contributed by atoms with van der Waals surface area (Å²) in [7, 11) is 0. The van der Waals surface area contributed by atoms with Crippen molar-refractivity contribution >= 4 is 17.5 Å². The van der Waals surface area contributed by atoms with Crippen LogP contribution in [-0.2, 0) is 21.9 Å². The number of amides is 2. The second-order valence-corrected chi connectivity index (χ2v) is 10.1. The van der Waals surface area contributed by atoms with Crippen molar-refractivity contribution in [2.75, 3.05) is 11.9 Å². The minimum atomic E-state index is -4.99. The van der Waals surface area contributed by atoms with E-state index in [4.69, 9.17) is 0 Å². The second kappa shape index (κ2) is 11.3. The van der Waals surface area contributed by atoms with Gasteiger partial charge in [0.05, 0.1) is 17.2 Å². The molecule has 206 valence electrons. The number of anilines is 1. The molecule has 38 heavy (non-hydrogen) atoms. The molecule has 11 heteroatoms. The Morgan fingerprint density at radius 1 is 0.868 bits per heavy atom. The van der Waals surface area contributed by atoms with Crippen LogP contribution < -0.4 is 16.0 Å². The van der Waals surface area contributed by atoms with Crippen molar-refractivity contribution in [1.29, 1.82) is 0 Å². The first-order valence-electron chi connectivity index (χ1n) is 12.6. The van der Waals surface area contributed by atoms with E-state index >= 15 is 0 Å². The molecule has 1 heterocycles. The summed E-state index contributed by atoms with van der Waals surface area (Å²) in [6, 6.07) is 10.7. The van der Waals surface area contributed by atoms with Gasteiger partial charge < -0.3 is 16.0 Å². The van der Waals surface area contributed by atoms with Crippen molar-refractivity contribution in [1.82, 2.24) is 10.6 Å². The van der Waals surface area contributed by atoms with Crippen LogP contribution in [0.5, 0.6) is 0 Å². The third kappa shape index (κ3) is 7.27. The molecule has 1 saturated carbocycles. The molecule has 0 radical (unpaired) electrons.